The Hall–Kier alpha value is -1.10. The van der Waals surface area contributed by atoms with Gasteiger partial charge in [0.15, 0.2) is 5.03 Å². The lowest BCUT2D eigenvalue weighted by Gasteiger charge is -2.06. The number of sulfonamides is 1. The molecule has 0 bridgehead atoms. The number of nitrogens with one attached hydrogen (secondary N) is 2. The summed E-state index contributed by atoms with van der Waals surface area (Å²) in [6, 6.07) is 0. The maximum atomic E-state index is 11.9. The van der Waals surface area contributed by atoms with Crippen LogP contribution in [0, 0.1) is 6.92 Å². The molecule has 19 heavy (non-hydrogen) atoms. The predicted molar refractivity (Wildman–Crippen MR) is 63.2 cm³/mol. The van der Waals surface area contributed by atoms with Crippen LogP contribution in [-0.2, 0) is 21.3 Å². The summed E-state index contributed by atoms with van der Waals surface area (Å²) in [7, 11) is -3.82. The van der Waals surface area contributed by atoms with Crippen molar-refractivity contribution in [2.75, 3.05) is 19.8 Å². The lowest BCUT2D eigenvalue weighted by Crippen LogP contribution is -2.29. The Kier molecular flexibility index (Phi) is 5.79. The van der Waals surface area contributed by atoms with E-state index in [9.17, 15) is 17.2 Å². The summed E-state index contributed by atoms with van der Waals surface area (Å²) < 4.78 is 54.0. The normalized spacial score (nSPS) is 12.3. The number of alkyl halides is 2. The summed E-state index contributed by atoms with van der Waals surface area (Å²) in [4.78, 5) is 0. The average Bonchev–Trinajstić information content (AvgIpc) is 2.70. The number of hydrogen-bond acceptors (Lipinski definition) is 5. The van der Waals surface area contributed by atoms with E-state index in [2.05, 4.69) is 19.7 Å². The Morgan fingerprint density at radius 2 is 2.21 bits per heavy atom. The van der Waals surface area contributed by atoms with Gasteiger partial charge in [-0.2, -0.15) is 5.10 Å². The summed E-state index contributed by atoms with van der Waals surface area (Å²) in [5, 5.41) is 6.02. The lowest BCUT2D eigenvalue weighted by molar-refractivity contribution is 0.0199. The third-order valence-electron chi connectivity index (χ3n) is 2.28. The van der Waals surface area contributed by atoms with E-state index in [0.717, 1.165) is 0 Å². The van der Waals surface area contributed by atoms with Gasteiger partial charge in [0.2, 0.25) is 0 Å². The van der Waals surface area contributed by atoms with Crippen molar-refractivity contribution in [1.82, 2.24) is 14.9 Å². The highest BCUT2D eigenvalue weighted by atomic mass is 32.2. The average molecular weight is 298 g/mol. The molecule has 0 fully saturated rings. The van der Waals surface area contributed by atoms with Gasteiger partial charge in [0.25, 0.3) is 16.4 Å². The minimum Gasteiger partial charge on any atom is -0.374 e. The van der Waals surface area contributed by atoms with Crippen LogP contribution in [0.1, 0.15) is 11.3 Å². The van der Waals surface area contributed by atoms with Crippen LogP contribution in [0.25, 0.3) is 0 Å². The Morgan fingerprint density at radius 3 is 2.79 bits per heavy atom. The first-order chi connectivity index (χ1) is 8.88. The number of aromatic amines is 1. The summed E-state index contributed by atoms with van der Waals surface area (Å²) in [5.74, 6) is 0. The molecule has 0 radical (unpaired) electrons. The Morgan fingerprint density at radius 1 is 1.53 bits per heavy atom. The minimum atomic E-state index is -3.82. The van der Waals surface area contributed by atoms with E-state index < -0.39 is 23.1 Å². The molecule has 0 saturated heterocycles. The van der Waals surface area contributed by atoms with Crippen LogP contribution in [0.5, 0.6) is 0 Å². The molecule has 0 aliphatic heterocycles. The lowest BCUT2D eigenvalue weighted by atomic mass is 10.3. The molecule has 0 amide bonds. The number of aromatic nitrogens is 2. The quantitative estimate of drug-likeness (QED) is 0.573. The second-order valence-corrected chi connectivity index (χ2v) is 5.38. The summed E-state index contributed by atoms with van der Waals surface area (Å²) in [6.07, 6.45) is -2.57. The summed E-state index contributed by atoms with van der Waals surface area (Å²) in [5.41, 5.74) is 6.40. The van der Waals surface area contributed by atoms with E-state index in [1.54, 1.807) is 6.92 Å². The second kappa shape index (κ2) is 6.89. The van der Waals surface area contributed by atoms with E-state index in [-0.39, 0.29) is 24.7 Å². The highest BCUT2D eigenvalue weighted by Gasteiger charge is 2.22. The van der Waals surface area contributed by atoms with Crippen LogP contribution in [0.15, 0.2) is 5.03 Å². The molecule has 0 aliphatic rings. The van der Waals surface area contributed by atoms with Crippen molar-refractivity contribution in [3.05, 3.63) is 11.3 Å². The van der Waals surface area contributed by atoms with Crippen LogP contribution in [0.2, 0.25) is 0 Å². The van der Waals surface area contributed by atoms with Gasteiger partial charge in [0.1, 0.15) is 6.61 Å². The fraction of sp³-hybridized carbons (Fsp3) is 0.667. The minimum absolute atomic E-state index is 0.0282. The number of halogens is 2. The number of nitrogens with zero attached hydrogens (tertiary/aromatic N) is 1. The van der Waals surface area contributed by atoms with Crippen molar-refractivity contribution in [1.29, 1.82) is 0 Å². The first-order valence-corrected chi connectivity index (χ1v) is 6.96. The van der Waals surface area contributed by atoms with E-state index >= 15 is 0 Å². The summed E-state index contributed by atoms with van der Waals surface area (Å²) in [6.45, 7) is 0.688. The van der Waals surface area contributed by atoms with E-state index in [0.29, 0.717) is 11.3 Å². The molecule has 0 atom stereocenters. The first kappa shape index (κ1) is 16.0. The number of hydrogen-bond donors (Lipinski definition) is 3. The largest absolute Gasteiger partial charge is 0.374 e. The van der Waals surface area contributed by atoms with E-state index in [1.165, 1.54) is 0 Å². The molecule has 110 valence electrons. The second-order valence-electron chi connectivity index (χ2n) is 3.70. The van der Waals surface area contributed by atoms with Crippen LogP contribution in [-0.4, -0.2) is 44.8 Å². The van der Waals surface area contributed by atoms with Gasteiger partial charge >= 0.3 is 0 Å². The third kappa shape index (κ3) is 4.49. The zero-order chi connectivity index (χ0) is 14.5. The Bertz CT molecular complexity index is 504. The zero-order valence-electron chi connectivity index (χ0n) is 10.3. The summed E-state index contributed by atoms with van der Waals surface area (Å²) >= 11 is 0. The van der Waals surface area contributed by atoms with Crippen LogP contribution in [0.4, 0.5) is 8.78 Å². The van der Waals surface area contributed by atoms with Crippen LogP contribution in [0.3, 0.4) is 0 Å². The van der Waals surface area contributed by atoms with Gasteiger partial charge in [-0.25, -0.2) is 21.9 Å². The molecule has 1 heterocycles. The monoisotopic (exact) mass is 298 g/mol. The fourth-order valence-corrected chi connectivity index (χ4v) is 2.60. The first-order valence-electron chi connectivity index (χ1n) is 5.48. The van der Waals surface area contributed by atoms with Gasteiger partial charge in [0, 0.05) is 24.3 Å². The van der Waals surface area contributed by atoms with Crippen molar-refractivity contribution in [3.8, 4) is 0 Å². The van der Waals surface area contributed by atoms with Crippen LogP contribution >= 0.6 is 0 Å². The molecule has 0 unspecified atom stereocenters. The van der Waals surface area contributed by atoms with Crippen LogP contribution < -0.4 is 10.5 Å². The smallest absolute Gasteiger partial charge is 0.261 e. The molecule has 0 aromatic carbocycles. The molecular weight excluding hydrogens is 282 g/mol. The predicted octanol–water partition coefficient (Wildman–Crippen LogP) is -0.263. The molecule has 1 aromatic heterocycles. The molecular formula is C9H16F2N4O3S. The topological polar surface area (TPSA) is 110 Å². The van der Waals surface area contributed by atoms with Gasteiger partial charge < -0.3 is 10.5 Å². The van der Waals surface area contributed by atoms with Gasteiger partial charge in [0.05, 0.1) is 6.61 Å². The zero-order valence-corrected chi connectivity index (χ0v) is 11.1. The van der Waals surface area contributed by atoms with Gasteiger partial charge in [-0.3, -0.25) is 5.10 Å². The van der Waals surface area contributed by atoms with Crippen molar-refractivity contribution in [2.45, 2.75) is 24.9 Å². The number of ether oxygens (including phenoxy) is 1. The van der Waals surface area contributed by atoms with Crippen molar-refractivity contribution in [2.24, 2.45) is 5.73 Å². The molecule has 7 nitrogen and oxygen atoms in total. The van der Waals surface area contributed by atoms with E-state index in [1.807, 2.05) is 0 Å². The Labute approximate surface area is 109 Å². The van der Waals surface area contributed by atoms with Gasteiger partial charge in [-0.05, 0) is 6.92 Å². The van der Waals surface area contributed by atoms with Gasteiger partial charge in [-0.15, -0.1) is 0 Å². The molecule has 0 spiro atoms. The fourth-order valence-electron chi connectivity index (χ4n) is 1.38. The molecule has 0 aliphatic carbocycles. The highest BCUT2D eigenvalue weighted by molar-refractivity contribution is 7.89. The standard InChI is InChI=1S/C9H16F2N4O3S/c1-6-7(4-12)9(15-14-6)19(16,17)13-2-3-18-5-8(10)11/h8,13H,2-5,12H2,1H3,(H,14,15). The maximum absolute atomic E-state index is 11.9. The van der Waals surface area contributed by atoms with E-state index in [4.69, 9.17) is 5.73 Å². The molecule has 10 heteroatoms. The molecule has 1 aromatic rings. The number of aryl methyl sites for hydroxylation is 1. The van der Waals surface area contributed by atoms with Gasteiger partial charge in [-0.1, -0.05) is 0 Å². The molecule has 0 saturated carbocycles. The Balaban J connectivity index is 2.56. The number of nitrogens with two attached hydrogens (primary N) is 1. The molecule has 4 N–H and O–H groups in total. The maximum Gasteiger partial charge on any atom is 0.261 e. The molecule has 1 rings (SSSR count). The van der Waals surface area contributed by atoms with Crippen molar-refractivity contribution >= 4 is 10.0 Å². The SMILES string of the molecule is Cc1[nH]nc(S(=O)(=O)NCCOCC(F)F)c1CN. The number of rotatable bonds is 8. The third-order valence-corrected chi connectivity index (χ3v) is 3.71. The van der Waals surface area contributed by atoms with Crippen molar-refractivity contribution in [3.63, 3.8) is 0 Å². The number of H-pyrrole nitrogens is 1. The van der Waals surface area contributed by atoms with Crippen molar-refractivity contribution < 1.29 is 21.9 Å². The highest BCUT2D eigenvalue weighted by Crippen LogP contribution is 2.14.